The number of hydrogen-bond acceptors (Lipinski definition) is 4. The number of aromatic nitrogens is 1. The highest BCUT2D eigenvalue weighted by molar-refractivity contribution is 6.03. The van der Waals surface area contributed by atoms with E-state index in [-0.39, 0.29) is 18.5 Å². The summed E-state index contributed by atoms with van der Waals surface area (Å²) in [4.78, 5) is 36.9. The van der Waals surface area contributed by atoms with Crippen molar-refractivity contribution < 1.29 is 14.0 Å². The lowest BCUT2D eigenvalue weighted by Crippen LogP contribution is -2.33. The Kier molecular flexibility index (Phi) is 5.40. The zero-order valence-electron chi connectivity index (χ0n) is 15.2. The van der Waals surface area contributed by atoms with Gasteiger partial charge in [-0.25, -0.2) is 4.79 Å². The summed E-state index contributed by atoms with van der Waals surface area (Å²) >= 11 is 0. The average molecular weight is 367 g/mol. The van der Waals surface area contributed by atoms with Crippen molar-refractivity contribution in [2.45, 2.75) is 32.9 Å². The van der Waals surface area contributed by atoms with E-state index >= 15 is 0 Å². The molecule has 0 aliphatic heterocycles. The lowest BCUT2D eigenvalue weighted by Gasteiger charge is -2.14. The van der Waals surface area contributed by atoms with Crippen LogP contribution >= 0.6 is 0 Å². The van der Waals surface area contributed by atoms with E-state index in [2.05, 4.69) is 10.6 Å². The molecule has 140 valence electrons. The van der Waals surface area contributed by atoms with E-state index in [4.69, 9.17) is 4.42 Å². The smallest absolute Gasteiger partial charge is 0.408 e. The monoisotopic (exact) mass is 367 g/mol. The minimum Gasteiger partial charge on any atom is -0.408 e. The summed E-state index contributed by atoms with van der Waals surface area (Å²) in [6.45, 7) is 3.68. The molecular formula is C20H21N3O4. The van der Waals surface area contributed by atoms with Gasteiger partial charge in [0.1, 0.15) is 6.54 Å². The Hall–Kier alpha value is -3.35. The minimum absolute atomic E-state index is 0.0251. The van der Waals surface area contributed by atoms with Gasteiger partial charge < -0.3 is 15.1 Å². The molecule has 1 atom stereocenters. The van der Waals surface area contributed by atoms with Crippen molar-refractivity contribution in [3.63, 3.8) is 0 Å². The zero-order chi connectivity index (χ0) is 19.4. The third kappa shape index (κ3) is 4.08. The number of para-hydroxylation sites is 3. The molecule has 0 radical (unpaired) electrons. The predicted octanol–water partition coefficient (Wildman–Crippen LogP) is 2.76. The fourth-order valence-electron chi connectivity index (χ4n) is 2.69. The van der Waals surface area contributed by atoms with Crippen molar-refractivity contribution in [2.24, 2.45) is 0 Å². The van der Waals surface area contributed by atoms with Gasteiger partial charge in [0.2, 0.25) is 5.91 Å². The molecule has 0 bridgehead atoms. The van der Waals surface area contributed by atoms with E-state index in [1.807, 2.05) is 13.8 Å². The van der Waals surface area contributed by atoms with Gasteiger partial charge in [0, 0.05) is 6.04 Å². The maximum Gasteiger partial charge on any atom is 0.420 e. The summed E-state index contributed by atoms with van der Waals surface area (Å²) in [6, 6.07) is 13.7. The lowest BCUT2D eigenvalue weighted by atomic mass is 10.1. The first-order chi connectivity index (χ1) is 13.0. The van der Waals surface area contributed by atoms with Crippen LogP contribution in [0, 0.1) is 0 Å². The number of oxazole rings is 1. The fraction of sp³-hybridized carbons (Fsp3) is 0.250. The van der Waals surface area contributed by atoms with E-state index in [1.165, 1.54) is 4.57 Å². The number of nitrogens with zero attached hydrogens (tertiary/aromatic N) is 1. The van der Waals surface area contributed by atoms with Gasteiger partial charge in [-0.1, -0.05) is 31.2 Å². The summed E-state index contributed by atoms with van der Waals surface area (Å²) in [6.07, 6.45) is 0.802. The molecular weight excluding hydrogens is 346 g/mol. The van der Waals surface area contributed by atoms with Crippen molar-refractivity contribution >= 4 is 28.6 Å². The highest BCUT2D eigenvalue weighted by Gasteiger charge is 2.16. The second-order valence-corrected chi connectivity index (χ2v) is 6.30. The van der Waals surface area contributed by atoms with Gasteiger partial charge >= 0.3 is 5.76 Å². The molecule has 1 unspecified atom stereocenters. The molecule has 1 aromatic heterocycles. The molecule has 7 heteroatoms. The average Bonchev–Trinajstić information content (AvgIpc) is 2.97. The summed E-state index contributed by atoms with van der Waals surface area (Å²) < 4.78 is 6.39. The molecule has 1 heterocycles. The molecule has 2 N–H and O–H groups in total. The van der Waals surface area contributed by atoms with Crippen LogP contribution in [-0.2, 0) is 11.3 Å². The van der Waals surface area contributed by atoms with Crippen LogP contribution in [-0.4, -0.2) is 22.4 Å². The van der Waals surface area contributed by atoms with E-state index in [1.54, 1.807) is 48.5 Å². The first-order valence-electron chi connectivity index (χ1n) is 8.77. The Labute approximate surface area is 156 Å². The number of anilines is 1. The van der Waals surface area contributed by atoms with Crippen LogP contribution in [0.15, 0.2) is 57.7 Å². The first kappa shape index (κ1) is 18.4. The number of nitrogens with one attached hydrogen (secondary N) is 2. The van der Waals surface area contributed by atoms with Crippen molar-refractivity contribution in [1.29, 1.82) is 0 Å². The third-order valence-electron chi connectivity index (χ3n) is 4.31. The van der Waals surface area contributed by atoms with Crippen LogP contribution in [0.3, 0.4) is 0 Å². The van der Waals surface area contributed by atoms with E-state index in [0.29, 0.717) is 22.4 Å². The van der Waals surface area contributed by atoms with Gasteiger partial charge in [-0.3, -0.25) is 14.2 Å². The van der Waals surface area contributed by atoms with Gasteiger partial charge in [0.25, 0.3) is 5.91 Å². The van der Waals surface area contributed by atoms with Crippen LogP contribution in [0.1, 0.15) is 30.6 Å². The van der Waals surface area contributed by atoms with Gasteiger partial charge in [0.15, 0.2) is 5.58 Å². The van der Waals surface area contributed by atoms with Crippen LogP contribution < -0.4 is 16.4 Å². The number of benzene rings is 2. The number of hydrogen-bond donors (Lipinski definition) is 2. The summed E-state index contributed by atoms with van der Waals surface area (Å²) in [7, 11) is 0. The maximum absolute atomic E-state index is 12.5. The summed E-state index contributed by atoms with van der Waals surface area (Å²) in [5, 5.41) is 5.59. The third-order valence-corrected chi connectivity index (χ3v) is 4.31. The summed E-state index contributed by atoms with van der Waals surface area (Å²) in [5.41, 5.74) is 1.73. The molecule has 0 aliphatic carbocycles. The number of carbonyl (C=O) groups is 2. The van der Waals surface area contributed by atoms with Crippen molar-refractivity contribution in [3.8, 4) is 0 Å². The Morgan fingerprint density at radius 1 is 1.11 bits per heavy atom. The second-order valence-electron chi connectivity index (χ2n) is 6.30. The Morgan fingerprint density at radius 2 is 1.81 bits per heavy atom. The number of carbonyl (C=O) groups excluding carboxylic acids is 2. The van der Waals surface area contributed by atoms with E-state index < -0.39 is 11.7 Å². The van der Waals surface area contributed by atoms with Crippen molar-refractivity contribution in [3.05, 3.63) is 64.6 Å². The zero-order valence-corrected chi connectivity index (χ0v) is 15.2. The molecule has 7 nitrogen and oxygen atoms in total. The minimum atomic E-state index is -0.603. The van der Waals surface area contributed by atoms with Crippen LogP contribution in [0.2, 0.25) is 0 Å². The molecule has 0 saturated heterocycles. The first-order valence-corrected chi connectivity index (χ1v) is 8.77. The SMILES string of the molecule is CCC(C)NC(=O)c1ccccc1NC(=O)Cn1c(=O)oc2ccccc21. The largest absolute Gasteiger partial charge is 0.420 e. The molecule has 0 fully saturated rings. The van der Waals surface area contributed by atoms with Gasteiger partial charge in [-0.15, -0.1) is 0 Å². The molecule has 3 aromatic rings. The van der Waals surface area contributed by atoms with Crippen LogP contribution in [0.4, 0.5) is 5.69 Å². The molecule has 2 amide bonds. The number of rotatable bonds is 6. The lowest BCUT2D eigenvalue weighted by molar-refractivity contribution is -0.116. The number of amides is 2. The maximum atomic E-state index is 12.5. The molecule has 3 rings (SSSR count). The topological polar surface area (TPSA) is 93.3 Å². The summed E-state index contributed by atoms with van der Waals surface area (Å²) in [5.74, 6) is -1.28. The Bertz CT molecular complexity index is 1030. The van der Waals surface area contributed by atoms with Crippen molar-refractivity contribution in [2.75, 3.05) is 5.32 Å². The highest BCUT2D eigenvalue weighted by Crippen LogP contribution is 2.16. The van der Waals surface area contributed by atoms with E-state index in [9.17, 15) is 14.4 Å². The standard InChI is InChI=1S/C20H21N3O4/c1-3-13(2)21-19(25)14-8-4-5-9-15(14)22-18(24)12-23-16-10-6-7-11-17(16)27-20(23)26/h4-11,13H,3,12H2,1-2H3,(H,21,25)(H,22,24). The predicted molar refractivity (Wildman–Crippen MR) is 103 cm³/mol. The normalized spacial score (nSPS) is 11.9. The molecule has 27 heavy (non-hydrogen) atoms. The van der Waals surface area contributed by atoms with Gasteiger partial charge in [-0.05, 0) is 37.6 Å². The molecule has 0 aliphatic rings. The Balaban J connectivity index is 1.79. The quantitative estimate of drug-likeness (QED) is 0.701. The van der Waals surface area contributed by atoms with Crippen molar-refractivity contribution in [1.82, 2.24) is 9.88 Å². The molecule has 2 aromatic carbocycles. The number of fused-ring (bicyclic) bond motifs is 1. The van der Waals surface area contributed by atoms with Gasteiger partial charge in [0.05, 0.1) is 16.8 Å². The van der Waals surface area contributed by atoms with Gasteiger partial charge in [-0.2, -0.15) is 0 Å². The Morgan fingerprint density at radius 3 is 2.59 bits per heavy atom. The fourth-order valence-corrected chi connectivity index (χ4v) is 2.69. The molecule has 0 spiro atoms. The molecule has 0 saturated carbocycles. The van der Waals surface area contributed by atoms with Crippen LogP contribution in [0.25, 0.3) is 11.1 Å². The van der Waals surface area contributed by atoms with Crippen LogP contribution in [0.5, 0.6) is 0 Å². The van der Waals surface area contributed by atoms with E-state index in [0.717, 1.165) is 6.42 Å². The second kappa shape index (κ2) is 7.90. The highest BCUT2D eigenvalue weighted by atomic mass is 16.4.